The van der Waals surface area contributed by atoms with Gasteiger partial charge in [0.1, 0.15) is 0 Å². The van der Waals surface area contributed by atoms with Crippen LogP contribution in [0.3, 0.4) is 0 Å². The van der Waals surface area contributed by atoms with Crippen molar-refractivity contribution in [3.63, 3.8) is 0 Å². The molecule has 1 aliphatic rings. The van der Waals surface area contributed by atoms with Crippen LogP contribution in [0.15, 0.2) is 19.7 Å². The van der Waals surface area contributed by atoms with Crippen molar-refractivity contribution in [1.82, 2.24) is 0 Å². The Kier molecular flexibility index (Phi) is 6.19. The van der Waals surface area contributed by atoms with Gasteiger partial charge >= 0.3 is 0 Å². The molecule has 0 spiro atoms. The Morgan fingerprint density at radius 3 is 2.33 bits per heavy atom. The van der Waals surface area contributed by atoms with Gasteiger partial charge in [-0.05, 0) is 50.4 Å². The molecule has 18 heavy (non-hydrogen) atoms. The van der Waals surface area contributed by atoms with Gasteiger partial charge in [0.2, 0.25) is 0 Å². The molecule has 0 N–H and O–H groups in total. The summed E-state index contributed by atoms with van der Waals surface area (Å²) in [4.78, 5) is 0. The molecule has 1 nitrogen and oxygen atoms in total. The second-order valence-electron chi connectivity index (χ2n) is 5.86. The number of hydrogen-bond acceptors (Lipinski definition) is 1. The minimum absolute atomic E-state index is 0.125. The van der Waals surface area contributed by atoms with Crippen molar-refractivity contribution in [3.05, 3.63) is 19.7 Å². The first-order valence-electron chi connectivity index (χ1n) is 6.21. The number of hydrogen-bond donors (Lipinski definition) is 0. The van der Waals surface area contributed by atoms with Crippen molar-refractivity contribution < 1.29 is 4.74 Å². The number of rotatable bonds is 3. The number of ether oxygens (including phenoxy) is 1. The van der Waals surface area contributed by atoms with E-state index in [2.05, 4.69) is 71.4 Å². The summed E-state index contributed by atoms with van der Waals surface area (Å²) in [7, 11) is -1.46. The summed E-state index contributed by atoms with van der Waals surface area (Å²) in [5.41, 5.74) is 0. The predicted molar refractivity (Wildman–Crippen MR) is 90.3 cm³/mol. The van der Waals surface area contributed by atoms with Gasteiger partial charge in [-0.1, -0.05) is 44.2 Å². The molecule has 0 amide bonds. The van der Waals surface area contributed by atoms with Crippen LogP contribution in [-0.4, -0.2) is 20.3 Å². The predicted octanol–water partition coefficient (Wildman–Crippen LogP) is 5.80. The summed E-state index contributed by atoms with van der Waals surface area (Å²) < 4.78 is 7.13. The summed E-state index contributed by atoms with van der Waals surface area (Å²) in [5.74, 6) is 0.307. The minimum Gasteiger partial charge on any atom is -0.370 e. The Morgan fingerprint density at radius 1 is 1.33 bits per heavy atom. The van der Waals surface area contributed by atoms with E-state index in [0.29, 0.717) is 5.92 Å². The Labute approximate surface area is 133 Å². The van der Waals surface area contributed by atoms with Gasteiger partial charge < -0.3 is 4.74 Å². The molecular formula is C13H21Br2ClOSi. The second-order valence-corrected chi connectivity index (χ2v) is 14.1. The van der Waals surface area contributed by atoms with Gasteiger partial charge in [0, 0.05) is 11.0 Å². The highest BCUT2D eigenvalue weighted by molar-refractivity contribution is 9.28. The summed E-state index contributed by atoms with van der Waals surface area (Å²) in [5, 5.41) is 2.41. The zero-order chi connectivity index (χ0) is 14.1. The fraction of sp³-hybridized carbons (Fsp3) is 0.692. The molecule has 5 heteroatoms. The zero-order valence-electron chi connectivity index (χ0n) is 11.6. The SMILES string of the molecule is CC1C(Cl)=C([Si](C)(C)C)[C@H](CC=C(Br)Br)O[C@H]1C. The van der Waals surface area contributed by atoms with Crippen molar-refractivity contribution in [2.24, 2.45) is 5.92 Å². The van der Waals surface area contributed by atoms with Crippen LogP contribution in [0.4, 0.5) is 0 Å². The lowest BCUT2D eigenvalue weighted by Crippen LogP contribution is -2.42. The van der Waals surface area contributed by atoms with E-state index in [4.69, 9.17) is 16.3 Å². The van der Waals surface area contributed by atoms with Crippen molar-refractivity contribution in [3.8, 4) is 0 Å². The minimum atomic E-state index is -1.46. The fourth-order valence-electron chi connectivity index (χ4n) is 2.26. The first kappa shape index (κ1) is 17.0. The van der Waals surface area contributed by atoms with Gasteiger partial charge in [0.25, 0.3) is 0 Å². The lowest BCUT2D eigenvalue weighted by atomic mass is 10.00. The molecule has 0 aromatic rings. The Bertz CT molecular complexity index is 370. The maximum absolute atomic E-state index is 6.61. The number of halogens is 3. The maximum Gasteiger partial charge on any atom is 0.0803 e. The molecule has 0 aromatic heterocycles. The molecule has 1 unspecified atom stereocenters. The zero-order valence-corrected chi connectivity index (χ0v) is 16.5. The van der Waals surface area contributed by atoms with Crippen LogP contribution in [0.5, 0.6) is 0 Å². The molecule has 0 saturated heterocycles. The monoisotopic (exact) mass is 414 g/mol. The van der Waals surface area contributed by atoms with Gasteiger partial charge in [-0.15, -0.1) is 0 Å². The summed E-state index contributed by atoms with van der Waals surface area (Å²) in [6.07, 6.45) is 3.27. The topological polar surface area (TPSA) is 9.23 Å². The van der Waals surface area contributed by atoms with E-state index in [1.54, 1.807) is 0 Å². The van der Waals surface area contributed by atoms with Crippen LogP contribution < -0.4 is 0 Å². The lowest BCUT2D eigenvalue weighted by molar-refractivity contribution is -0.00962. The lowest BCUT2D eigenvalue weighted by Gasteiger charge is -2.39. The molecule has 1 heterocycles. The van der Waals surface area contributed by atoms with Crippen LogP contribution in [0.25, 0.3) is 0 Å². The molecule has 0 saturated carbocycles. The normalized spacial score (nSPS) is 29.4. The fourth-order valence-corrected chi connectivity index (χ4v) is 5.88. The quantitative estimate of drug-likeness (QED) is 0.528. The van der Waals surface area contributed by atoms with E-state index in [0.717, 1.165) is 14.8 Å². The van der Waals surface area contributed by atoms with Gasteiger partial charge in [-0.3, -0.25) is 0 Å². The van der Waals surface area contributed by atoms with Crippen LogP contribution in [-0.2, 0) is 4.74 Å². The van der Waals surface area contributed by atoms with Crippen LogP contribution in [0, 0.1) is 5.92 Å². The highest BCUT2D eigenvalue weighted by Crippen LogP contribution is 2.39. The third kappa shape index (κ3) is 4.20. The van der Waals surface area contributed by atoms with Crippen molar-refractivity contribution in [2.45, 2.75) is 52.1 Å². The first-order valence-corrected chi connectivity index (χ1v) is 11.7. The van der Waals surface area contributed by atoms with E-state index in [-0.39, 0.29) is 12.2 Å². The van der Waals surface area contributed by atoms with E-state index < -0.39 is 8.07 Å². The Morgan fingerprint density at radius 2 is 1.89 bits per heavy atom. The Balaban J connectivity index is 3.11. The van der Waals surface area contributed by atoms with Crippen molar-refractivity contribution in [1.29, 1.82) is 0 Å². The van der Waals surface area contributed by atoms with Gasteiger partial charge in [-0.25, -0.2) is 0 Å². The smallest absolute Gasteiger partial charge is 0.0803 e. The molecule has 0 aliphatic carbocycles. The van der Waals surface area contributed by atoms with E-state index in [1.165, 1.54) is 5.20 Å². The molecule has 104 valence electrons. The third-order valence-electron chi connectivity index (χ3n) is 3.36. The van der Waals surface area contributed by atoms with Crippen LogP contribution >= 0.6 is 43.5 Å². The molecule has 0 fully saturated rings. The average molecular weight is 417 g/mol. The molecule has 0 aromatic carbocycles. The van der Waals surface area contributed by atoms with E-state index in [1.807, 2.05) is 0 Å². The van der Waals surface area contributed by atoms with Gasteiger partial charge in [0.05, 0.1) is 23.7 Å². The largest absolute Gasteiger partial charge is 0.370 e. The second kappa shape index (κ2) is 6.57. The molecular weight excluding hydrogens is 395 g/mol. The molecule has 1 aliphatic heterocycles. The molecule has 3 atom stereocenters. The summed E-state index contributed by atoms with van der Waals surface area (Å²) in [6.45, 7) is 11.2. The highest BCUT2D eigenvalue weighted by atomic mass is 79.9. The summed E-state index contributed by atoms with van der Waals surface area (Å²) >= 11 is 13.4. The summed E-state index contributed by atoms with van der Waals surface area (Å²) in [6, 6.07) is 0. The first-order chi connectivity index (χ1) is 8.14. The van der Waals surface area contributed by atoms with Crippen LogP contribution in [0.2, 0.25) is 19.6 Å². The van der Waals surface area contributed by atoms with Gasteiger partial charge in [0.15, 0.2) is 0 Å². The molecule has 0 bridgehead atoms. The standard InChI is InChI=1S/C13H21Br2ClOSi/c1-8-9(2)17-10(6-7-11(14)15)13(12(8)16)18(3,4)5/h7-10H,6H2,1-5H3/t8?,9-,10-/m0/s1. The molecule has 1 rings (SSSR count). The van der Waals surface area contributed by atoms with Gasteiger partial charge in [-0.2, -0.15) is 0 Å². The van der Waals surface area contributed by atoms with E-state index >= 15 is 0 Å². The van der Waals surface area contributed by atoms with Crippen LogP contribution in [0.1, 0.15) is 20.3 Å². The average Bonchev–Trinajstić information content (AvgIpc) is 2.20. The molecule has 0 radical (unpaired) electrons. The van der Waals surface area contributed by atoms with Crippen molar-refractivity contribution in [2.75, 3.05) is 0 Å². The maximum atomic E-state index is 6.61. The third-order valence-corrected chi connectivity index (χ3v) is 6.92. The van der Waals surface area contributed by atoms with E-state index in [9.17, 15) is 0 Å². The highest BCUT2D eigenvalue weighted by Gasteiger charge is 2.37. The van der Waals surface area contributed by atoms with Crippen molar-refractivity contribution >= 4 is 51.5 Å². The Hall–Kier alpha value is 0.907.